The molecular formula is C18H17N3O5. The highest BCUT2D eigenvalue weighted by Gasteiger charge is 2.50. The summed E-state index contributed by atoms with van der Waals surface area (Å²) >= 11 is 0. The Morgan fingerprint density at radius 2 is 1.96 bits per heavy atom. The summed E-state index contributed by atoms with van der Waals surface area (Å²) in [5.41, 5.74) is -1.23. The number of carbonyl (C=O) groups excluding carboxylic acids is 2. The molecule has 2 amide bonds. The van der Waals surface area contributed by atoms with Gasteiger partial charge in [0.15, 0.2) is 23.1 Å². The lowest BCUT2D eigenvalue weighted by Gasteiger charge is -2.36. The van der Waals surface area contributed by atoms with E-state index in [9.17, 15) is 9.59 Å². The molecule has 2 aromatic rings. The van der Waals surface area contributed by atoms with Crippen LogP contribution in [0, 0.1) is 0 Å². The number of pyridine rings is 1. The van der Waals surface area contributed by atoms with Crippen molar-refractivity contribution < 1.29 is 23.8 Å². The fraction of sp³-hybridized carbons (Fsp3) is 0.278. The lowest BCUT2D eigenvalue weighted by molar-refractivity contribution is -0.145. The fourth-order valence-electron chi connectivity index (χ4n) is 2.91. The first-order valence-electron chi connectivity index (χ1n) is 8.12. The van der Waals surface area contributed by atoms with E-state index in [0.717, 1.165) is 0 Å². The summed E-state index contributed by atoms with van der Waals surface area (Å²) in [6.45, 7) is 2.37. The van der Waals surface area contributed by atoms with Crippen molar-refractivity contribution in [2.45, 2.75) is 12.5 Å². The van der Waals surface area contributed by atoms with Crippen LogP contribution >= 0.6 is 0 Å². The molecular weight excluding hydrogens is 338 g/mol. The molecule has 0 spiro atoms. The van der Waals surface area contributed by atoms with Gasteiger partial charge in [-0.25, -0.2) is 4.98 Å². The number of nitrogens with one attached hydrogen (secondary N) is 1. The summed E-state index contributed by atoms with van der Waals surface area (Å²) in [6.07, 6.45) is 1.56. The van der Waals surface area contributed by atoms with Crippen LogP contribution in [0.25, 0.3) is 0 Å². The van der Waals surface area contributed by atoms with E-state index >= 15 is 0 Å². The number of likely N-dealkylation sites (N-methyl/N-ethyl adjacent to an activating group) is 1. The number of fused-ring (bicyclic) bond motifs is 2. The van der Waals surface area contributed by atoms with Gasteiger partial charge in [0.25, 0.3) is 17.4 Å². The summed E-state index contributed by atoms with van der Waals surface area (Å²) in [5, 5.41) is 2.72. The van der Waals surface area contributed by atoms with Crippen LogP contribution < -0.4 is 24.4 Å². The van der Waals surface area contributed by atoms with Crippen molar-refractivity contribution in [2.24, 2.45) is 0 Å². The smallest absolute Gasteiger partial charge is 0.281 e. The molecule has 1 aromatic carbocycles. The van der Waals surface area contributed by atoms with Crippen LogP contribution in [0.1, 0.15) is 6.92 Å². The zero-order valence-corrected chi connectivity index (χ0v) is 14.3. The summed E-state index contributed by atoms with van der Waals surface area (Å²) in [7, 11) is 1.56. The topological polar surface area (TPSA) is 90.0 Å². The molecule has 0 saturated carbocycles. The molecule has 0 fully saturated rings. The Bertz CT molecular complexity index is 900. The van der Waals surface area contributed by atoms with E-state index in [0.29, 0.717) is 42.0 Å². The van der Waals surface area contributed by atoms with Crippen molar-refractivity contribution >= 4 is 23.3 Å². The van der Waals surface area contributed by atoms with Crippen molar-refractivity contribution in [1.82, 2.24) is 4.98 Å². The largest absolute Gasteiger partial charge is 0.486 e. The monoisotopic (exact) mass is 355 g/mol. The molecule has 8 nitrogen and oxygen atoms in total. The Morgan fingerprint density at radius 3 is 2.77 bits per heavy atom. The molecule has 0 bridgehead atoms. The van der Waals surface area contributed by atoms with Gasteiger partial charge >= 0.3 is 0 Å². The molecule has 1 aromatic heterocycles. The number of benzene rings is 1. The molecule has 2 aliphatic rings. The van der Waals surface area contributed by atoms with Gasteiger partial charge in [-0.2, -0.15) is 0 Å². The van der Waals surface area contributed by atoms with E-state index in [1.807, 2.05) is 0 Å². The first-order valence-corrected chi connectivity index (χ1v) is 8.12. The second-order valence-corrected chi connectivity index (χ2v) is 6.14. The Balaban J connectivity index is 1.60. The van der Waals surface area contributed by atoms with Crippen LogP contribution in [0.4, 0.5) is 11.5 Å². The van der Waals surface area contributed by atoms with Gasteiger partial charge < -0.3 is 19.5 Å². The second kappa shape index (κ2) is 5.91. The van der Waals surface area contributed by atoms with E-state index in [1.165, 1.54) is 11.8 Å². The molecule has 1 atom stereocenters. The van der Waals surface area contributed by atoms with Crippen molar-refractivity contribution in [1.29, 1.82) is 0 Å². The molecule has 4 rings (SSSR count). The highest BCUT2D eigenvalue weighted by molar-refractivity contribution is 6.19. The average molecular weight is 355 g/mol. The van der Waals surface area contributed by atoms with Crippen LogP contribution in [0.2, 0.25) is 0 Å². The second-order valence-electron chi connectivity index (χ2n) is 6.14. The van der Waals surface area contributed by atoms with Crippen LogP contribution in [0.3, 0.4) is 0 Å². The third kappa shape index (κ3) is 2.50. The molecule has 2 aliphatic heterocycles. The number of hydrogen-bond donors (Lipinski definition) is 1. The molecule has 134 valence electrons. The Labute approximate surface area is 149 Å². The number of ether oxygens (including phenoxy) is 3. The van der Waals surface area contributed by atoms with Crippen LogP contribution in [0.15, 0.2) is 36.5 Å². The number of carbonyl (C=O) groups is 2. The lowest BCUT2D eigenvalue weighted by Crippen LogP contribution is -2.60. The SMILES string of the molecule is CN1C(=O)[C@](C)(C(=O)Nc2ccc3c(c2)OCCO3)Oc2cccnc21. The molecule has 0 aliphatic carbocycles. The van der Waals surface area contributed by atoms with Gasteiger partial charge in [0.05, 0.1) is 0 Å². The van der Waals surface area contributed by atoms with E-state index < -0.39 is 17.4 Å². The van der Waals surface area contributed by atoms with E-state index in [-0.39, 0.29) is 0 Å². The quantitative estimate of drug-likeness (QED) is 0.823. The number of hydrogen-bond acceptors (Lipinski definition) is 6. The van der Waals surface area contributed by atoms with Gasteiger partial charge in [-0.05, 0) is 31.2 Å². The van der Waals surface area contributed by atoms with Crippen molar-refractivity contribution in [3.63, 3.8) is 0 Å². The lowest BCUT2D eigenvalue weighted by atomic mass is 10.0. The summed E-state index contributed by atoms with van der Waals surface area (Å²) in [4.78, 5) is 31.0. The van der Waals surface area contributed by atoms with Crippen LogP contribution in [0.5, 0.6) is 17.2 Å². The van der Waals surface area contributed by atoms with E-state index in [1.54, 1.807) is 43.6 Å². The minimum atomic E-state index is -1.71. The number of aromatic nitrogens is 1. The minimum Gasteiger partial charge on any atom is -0.486 e. The van der Waals surface area contributed by atoms with Gasteiger partial charge in [-0.15, -0.1) is 0 Å². The number of anilines is 2. The van der Waals surface area contributed by atoms with Crippen molar-refractivity contribution in [3.8, 4) is 17.2 Å². The van der Waals surface area contributed by atoms with Crippen LogP contribution in [-0.2, 0) is 9.59 Å². The third-order valence-corrected chi connectivity index (χ3v) is 4.33. The maximum Gasteiger partial charge on any atom is 0.281 e. The maximum atomic E-state index is 12.8. The summed E-state index contributed by atoms with van der Waals surface area (Å²) in [5.74, 6) is 0.822. The first kappa shape index (κ1) is 16.2. The zero-order valence-electron chi connectivity index (χ0n) is 14.3. The normalized spacial score (nSPS) is 20.8. The predicted octanol–water partition coefficient (Wildman–Crippen LogP) is 1.61. The zero-order chi connectivity index (χ0) is 18.3. The molecule has 0 radical (unpaired) electrons. The number of rotatable bonds is 2. The van der Waals surface area contributed by atoms with E-state index in [4.69, 9.17) is 14.2 Å². The predicted molar refractivity (Wildman–Crippen MR) is 92.7 cm³/mol. The summed E-state index contributed by atoms with van der Waals surface area (Å²) in [6, 6.07) is 8.40. The number of amides is 2. The van der Waals surface area contributed by atoms with Crippen molar-refractivity contribution in [3.05, 3.63) is 36.5 Å². The molecule has 3 heterocycles. The Morgan fingerprint density at radius 1 is 1.19 bits per heavy atom. The molecule has 8 heteroatoms. The van der Waals surface area contributed by atoms with Crippen molar-refractivity contribution in [2.75, 3.05) is 30.5 Å². The average Bonchev–Trinajstić information content (AvgIpc) is 2.66. The molecule has 1 N–H and O–H groups in total. The molecule has 0 saturated heterocycles. The first-order chi connectivity index (χ1) is 12.5. The van der Waals surface area contributed by atoms with Crippen LogP contribution in [-0.4, -0.2) is 42.7 Å². The highest BCUT2D eigenvalue weighted by Crippen LogP contribution is 2.36. The van der Waals surface area contributed by atoms with Gasteiger partial charge in [0.2, 0.25) is 0 Å². The van der Waals surface area contributed by atoms with Gasteiger partial charge in [-0.3, -0.25) is 14.5 Å². The highest BCUT2D eigenvalue weighted by atomic mass is 16.6. The fourth-order valence-corrected chi connectivity index (χ4v) is 2.91. The standard InChI is InChI=1S/C18H17N3O5/c1-18(17(23)21(2)15-13(26-18)4-3-7-19-15)16(22)20-11-5-6-12-14(10-11)25-9-8-24-12/h3-7,10H,8-9H2,1-2H3,(H,20,22)/t18-/m0/s1. The Hall–Kier alpha value is -3.29. The minimum absolute atomic E-state index is 0.370. The van der Waals surface area contributed by atoms with E-state index in [2.05, 4.69) is 10.3 Å². The number of nitrogens with zero attached hydrogens (tertiary/aromatic N) is 2. The van der Waals surface area contributed by atoms with Gasteiger partial charge in [0.1, 0.15) is 13.2 Å². The molecule has 0 unspecified atom stereocenters. The summed E-state index contributed by atoms with van der Waals surface area (Å²) < 4.78 is 16.7. The molecule has 26 heavy (non-hydrogen) atoms. The third-order valence-electron chi connectivity index (χ3n) is 4.33. The van der Waals surface area contributed by atoms with Gasteiger partial charge in [-0.1, -0.05) is 0 Å². The maximum absolute atomic E-state index is 12.8. The Kier molecular flexibility index (Phi) is 3.68. The van der Waals surface area contributed by atoms with Gasteiger partial charge in [0, 0.05) is 25.0 Å².